The van der Waals surface area contributed by atoms with E-state index in [1.54, 1.807) is 0 Å². The molecule has 0 aromatic heterocycles. The van der Waals surface area contributed by atoms with Gasteiger partial charge in [-0.1, -0.05) is 64.3 Å². The van der Waals surface area contributed by atoms with Crippen molar-refractivity contribution in [3.63, 3.8) is 0 Å². The number of hydrogen-bond acceptors (Lipinski definition) is 2. The largest absolute Gasteiger partial charge is 0.392 e. The minimum absolute atomic E-state index is 0.0367. The van der Waals surface area contributed by atoms with Crippen molar-refractivity contribution in [2.75, 3.05) is 0 Å². The van der Waals surface area contributed by atoms with Crippen LogP contribution in [0.15, 0.2) is 11.6 Å². The van der Waals surface area contributed by atoms with Gasteiger partial charge in [0.05, 0.1) is 11.7 Å². The molecule has 3 rings (SSSR count). The smallest absolute Gasteiger partial charge is 0.0660 e. The minimum Gasteiger partial charge on any atom is -0.392 e. The first-order valence-electron chi connectivity index (χ1n) is 9.35. The maximum Gasteiger partial charge on any atom is 0.0660 e. The molecule has 3 aliphatic rings. The molecule has 0 unspecified atom stereocenters. The molecule has 0 aromatic carbocycles. The van der Waals surface area contributed by atoms with Crippen LogP contribution in [0.25, 0.3) is 0 Å². The summed E-state index contributed by atoms with van der Waals surface area (Å²) in [6.07, 6.45) is 7.91. The number of rotatable bonds is 1. The van der Waals surface area contributed by atoms with E-state index in [0.717, 1.165) is 38.5 Å². The molecule has 7 atom stereocenters. The Labute approximate surface area is 163 Å². The number of allylic oxidation sites excluding steroid dienone is 1. The van der Waals surface area contributed by atoms with Gasteiger partial charge in [-0.25, -0.2) is 0 Å². The lowest BCUT2D eigenvalue weighted by Crippen LogP contribution is -2.52. The fourth-order valence-electron chi connectivity index (χ4n) is 5.84. The number of aliphatic hydroxyl groups is 2. The summed E-state index contributed by atoms with van der Waals surface area (Å²) < 4.78 is 0. The molecule has 2 N–H and O–H groups in total. The highest BCUT2D eigenvalue weighted by Crippen LogP contribution is 2.61. The van der Waals surface area contributed by atoms with Gasteiger partial charge in [0.15, 0.2) is 0 Å². The van der Waals surface area contributed by atoms with E-state index >= 15 is 0 Å². The van der Waals surface area contributed by atoms with Gasteiger partial charge in [0.25, 0.3) is 0 Å². The predicted molar refractivity (Wildman–Crippen MR) is 107 cm³/mol. The second-order valence-electron chi connectivity index (χ2n) is 9.69. The third-order valence-corrected chi connectivity index (χ3v) is 10.4. The van der Waals surface area contributed by atoms with Crippen LogP contribution >= 0.6 is 31.9 Å². The average Bonchev–Trinajstić information content (AvgIpc) is 2.72. The Morgan fingerprint density at radius 3 is 2.38 bits per heavy atom. The molecule has 2 nitrogen and oxygen atoms in total. The molecule has 4 heteroatoms. The van der Waals surface area contributed by atoms with E-state index in [0.29, 0.717) is 9.65 Å². The topological polar surface area (TPSA) is 40.5 Å². The Kier molecular flexibility index (Phi) is 5.13. The Balaban J connectivity index is 1.91. The van der Waals surface area contributed by atoms with Crippen LogP contribution in [0.2, 0.25) is 0 Å². The molecule has 0 aromatic rings. The monoisotopic (exact) mass is 462 g/mol. The maximum absolute atomic E-state index is 11.1. The zero-order chi connectivity index (χ0) is 17.9. The fraction of sp³-hybridized carbons (Fsp3) is 0.900. The normalized spacial score (nSPS) is 53.2. The molecule has 0 bridgehead atoms. The summed E-state index contributed by atoms with van der Waals surface area (Å²) in [4.78, 5) is 0.939. The van der Waals surface area contributed by atoms with Crippen molar-refractivity contribution in [1.29, 1.82) is 0 Å². The SMILES string of the molecule is CC1(C)CC(=C[C@@H]2[C@H](O)C[C@]3(C)[C@@H](Br)CC[C@@](C)(O)[C@@H]23)CC[C@@H]1Br. The van der Waals surface area contributed by atoms with Crippen molar-refractivity contribution in [3.8, 4) is 0 Å². The van der Waals surface area contributed by atoms with Crippen LogP contribution in [-0.4, -0.2) is 31.6 Å². The van der Waals surface area contributed by atoms with Gasteiger partial charge in [0.1, 0.15) is 0 Å². The van der Waals surface area contributed by atoms with Gasteiger partial charge in [-0.3, -0.25) is 0 Å². The summed E-state index contributed by atoms with van der Waals surface area (Å²) in [6, 6.07) is 0. The number of aliphatic hydroxyl groups excluding tert-OH is 1. The van der Waals surface area contributed by atoms with Crippen LogP contribution in [0, 0.1) is 22.7 Å². The molecule has 0 heterocycles. The predicted octanol–water partition coefficient (Wildman–Crippen LogP) is 5.20. The Bertz CT molecular complexity index is 528. The summed E-state index contributed by atoms with van der Waals surface area (Å²) in [5, 5.41) is 22.0. The van der Waals surface area contributed by atoms with Crippen molar-refractivity contribution in [3.05, 3.63) is 11.6 Å². The first kappa shape index (κ1) is 19.4. The third kappa shape index (κ3) is 3.18. The van der Waals surface area contributed by atoms with Gasteiger partial charge in [0, 0.05) is 21.5 Å². The van der Waals surface area contributed by atoms with E-state index in [-0.39, 0.29) is 28.8 Å². The molecule has 3 saturated carbocycles. The zero-order valence-corrected chi connectivity index (χ0v) is 18.5. The molecule has 0 spiro atoms. The van der Waals surface area contributed by atoms with E-state index < -0.39 is 5.60 Å². The first-order chi connectivity index (χ1) is 11.0. The molecule has 138 valence electrons. The molecule has 3 aliphatic carbocycles. The van der Waals surface area contributed by atoms with Gasteiger partial charge in [-0.05, 0) is 56.3 Å². The summed E-state index contributed by atoms with van der Waals surface area (Å²) in [7, 11) is 0. The van der Waals surface area contributed by atoms with E-state index in [9.17, 15) is 10.2 Å². The summed E-state index contributed by atoms with van der Waals surface area (Å²) in [6.45, 7) is 8.88. The van der Waals surface area contributed by atoms with Crippen molar-refractivity contribution in [1.82, 2.24) is 0 Å². The van der Waals surface area contributed by atoms with Crippen molar-refractivity contribution in [2.24, 2.45) is 22.7 Å². The van der Waals surface area contributed by atoms with Crippen LogP contribution in [0.3, 0.4) is 0 Å². The molecule has 3 fully saturated rings. The van der Waals surface area contributed by atoms with E-state index in [1.807, 2.05) is 6.92 Å². The van der Waals surface area contributed by atoms with Gasteiger partial charge in [0.2, 0.25) is 0 Å². The minimum atomic E-state index is -0.694. The molecule has 0 saturated heterocycles. The third-order valence-electron chi connectivity index (χ3n) is 7.16. The number of alkyl halides is 2. The molecule has 0 amide bonds. The van der Waals surface area contributed by atoms with E-state index in [2.05, 4.69) is 58.7 Å². The van der Waals surface area contributed by atoms with Gasteiger partial charge in [-0.2, -0.15) is 0 Å². The lowest BCUT2D eigenvalue weighted by Gasteiger charge is -2.50. The van der Waals surface area contributed by atoms with Gasteiger partial charge in [-0.15, -0.1) is 0 Å². The second-order valence-corrected chi connectivity index (χ2v) is 11.9. The van der Waals surface area contributed by atoms with Crippen LogP contribution in [0.1, 0.15) is 66.2 Å². The molecule has 0 aliphatic heterocycles. The van der Waals surface area contributed by atoms with Crippen LogP contribution in [0.5, 0.6) is 0 Å². The lowest BCUT2D eigenvalue weighted by atomic mass is 9.60. The Morgan fingerprint density at radius 1 is 1.08 bits per heavy atom. The summed E-state index contributed by atoms with van der Waals surface area (Å²) in [5.74, 6) is 0.193. The highest BCUT2D eigenvalue weighted by molar-refractivity contribution is 9.09. The standard InChI is InChI=1S/C20H32Br2O2/c1-18(2)10-12(5-6-15(18)21)9-13-14(23)11-19(3)16(22)7-8-20(4,24)17(13)19/h9,13-17,23-24H,5-8,10-11H2,1-4H3/t13-,14-,15+,16+,17+,19-,20-/m1/s1. The highest BCUT2D eigenvalue weighted by Gasteiger charge is 2.61. The van der Waals surface area contributed by atoms with E-state index in [4.69, 9.17) is 0 Å². The number of halogens is 2. The Morgan fingerprint density at radius 2 is 1.75 bits per heavy atom. The molecular weight excluding hydrogens is 432 g/mol. The summed E-state index contributed by atoms with van der Waals surface area (Å²) >= 11 is 7.69. The maximum atomic E-state index is 11.1. The van der Waals surface area contributed by atoms with Crippen molar-refractivity contribution in [2.45, 2.75) is 87.6 Å². The van der Waals surface area contributed by atoms with Crippen LogP contribution in [0.4, 0.5) is 0 Å². The zero-order valence-electron chi connectivity index (χ0n) is 15.4. The summed E-state index contributed by atoms with van der Waals surface area (Å²) in [5.41, 5.74) is 0.992. The first-order valence-corrected chi connectivity index (χ1v) is 11.2. The molecule has 0 radical (unpaired) electrons. The second kappa shape index (κ2) is 6.35. The van der Waals surface area contributed by atoms with Crippen molar-refractivity contribution >= 4 is 31.9 Å². The van der Waals surface area contributed by atoms with Crippen LogP contribution < -0.4 is 0 Å². The van der Waals surface area contributed by atoms with E-state index in [1.165, 1.54) is 5.57 Å². The quantitative estimate of drug-likeness (QED) is 0.414. The number of hydrogen-bond donors (Lipinski definition) is 2. The van der Waals surface area contributed by atoms with Crippen molar-refractivity contribution < 1.29 is 10.2 Å². The molecule has 24 heavy (non-hydrogen) atoms. The average molecular weight is 464 g/mol. The molecular formula is C20H32Br2O2. The Hall–Kier alpha value is 0.620. The lowest BCUT2D eigenvalue weighted by molar-refractivity contribution is -0.0884. The highest BCUT2D eigenvalue weighted by atomic mass is 79.9. The van der Waals surface area contributed by atoms with Gasteiger partial charge >= 0.3 is 0 Å². The van der Waals surface area contributed by atoms with Gasteiger partial charge < -0.3 is 10.2 Å². The fourth-order valence-corrected chi connectivity index (χ4v) is 6.93. The number of fused-ring (bicyclic) bond motifs is 1. The van der Waals surface area contributed by atoms with Crippen LogP contribution in [-0.2, 0) is 0 Å².